The van der Waals surface area contributed by atoms with E-state index in [1.54, 1.807) is 18.2 Å². The largest absolute Gasteiger partial charge is 0.394 e. The van der Waals surface area contributed by atoms with Gasteiger partial charge in [0.2, 0.25) is 0 Å². The van der Waals surface area contributed by atoms with Crippen LogP contribution in [0.5, 0.6) is 0 Å². The van der Waals surface area contributed by atoms with Gasteiger partial charge in [0.25, 0.3) is 5.91 Å². The molecular weight excluding hydrogens is 446 g/mol. The number of halogens is 2. The van der Waals surface area contributed by atoms with E-state index < -0.39 is 23.9 Å². The van der Waals surface area contributed by atoms with Gasteiger partial charge >= 0.3 is 0 Å². The second-order valence-electron chi connectivity index (χ2n) is 7.46. The fraction of sp³-hybridized carbons (Fsp3) is 0.217. The summed E-state index contributed by atoms with van der Waals surface area (Å²) in [5.41, 5.74) is 1.44. The highest BCUT2D eigenvalue weighted by Gasteiger charge is 2.27. The number of benzene rings is 2. The van der Waals surface area contributed by atoms with Gasteiger partial charge in [-0.2, -0.15) is 20.1 Å². The number of rotatable bonds is 9. The van der Waals surface area contributed by atoms with Gasteiger partial charge in [0.15, 0.2) is 0 Å². The number of ether oxygens (including phenoxy) is 1. The summed E-state index contributed by atoms with van der Waals surface area (Å²) in [5.74, 6) is -1.61. The van der Waals surface area contributed by atoms with Crippen LogP contribution in [0.25, 0.3) is 22.5 Å². The highest BCUT2D eigenvalue weighted by molar-refractivity contribution is 6.01. The van der Waals surface area contributed by atoms with Crippen LogP contribution in [0.3, 0.4) is 0 Å². The molecule has 2 aromatic heterocycles. The summed E-state index contributed by atoms with van der Waals surface area (Å²) in [4.78, 5) is 14.6. The lowest BCUT2D eigenvalue weighted by atomic mass is 10.0. The standard InChI is InChI=1S/C23H22F2N6O3/c1-34-21(13-32)20(12-31-26-9-10-27-31)28-23(33)16-3-2-4-17(25)22(16)19-11-18(29-30-19)14-5-7-15(24)8-6-14/h2-11,20-21,32H,12-13H2,1H3,(H,28,33)(H,29,30)/t20-,21-/m1/s1. The molecule has 0 saturated heterocycles. The first kappa shape index (κ1) is 23.2. The predicted molar refractivity (Wildman–Crippen MR) is 119 cm³/mol. The van der Waals surface area contributed by atoms with Crippen molar-refractivity contribution in [1.29, 1.82) is 0 Å². The van der Waals surface area contributed by atoms with Gasteiger partial charge in [0, 0.05) is 7.11 Å². The maximum absolute atomic E-state index is 14.9. The van der Waals surface area contributed by atoms with E-state index in [0.29, 0.717) is 11.3 Å². The third-order valence-electron chi connectivity index (χ3n) is 5.32. The Hall–Kier alpha value is -3.96. The second-order valence-corrected chi connectivity index (χ2v) is 7.46. The van der Waals surface area contributed by atoms with Gasteiger partial charge in [0.1, 0.15) is 17.7 Å². The predicted octanol–water partition coefficient (Wildman–Crippen LogP) is 2.42. The fourth-order valence-electron chi connectivity index (χ4n) is 3.58. The van der Waals surface area contributed by atoms with Crippen LogP contribution in [0.1, 0.15) is 10.4 Å². The molecule has 3 N–H and O–H groups in total. The van der Waals surface area contributed by atoms with Gasteiger partial charge in [-0.1, -0.05) is 6.07 Å². The number of hydrogen-bond acceptors (Lipinski definition) is 6. The number of aliphatic hydroxyl groups excluding tert-OH is 1. The lowest BCUT2D eigenvalue weighted by Crippen LogP contribution is -2.48. The first-order valence-electron chi connectivity index (χ1n) is 10.4. The summed E-state index contributed by atoms with van der Waals surface area (Å²) in [6.45, 7) is -0.237. The molecule has 1 amide bonds. The second kappa shape index (κ2) is 10.3. The topological polar surface area (TPSA) is 118 Å². The van der Waals surface area contributed by atoms with Crippen LogP contribution >= 0.6 is 0 Å². The van der Waals surface area contributed by atoms with Gasteiger partial charge in [-0.05, 0) is 48.0 Å². The van der Waals surface area contributed by atoms with Crippen LogP contribution in [0.2, 0.25) is 0 Å². The summed E-state index contributed by atoms with van der Waals surface area (Å²) in [5, 5.41) is 27.5. The number of aliphatic hydroxyl groups is 1. The van der Waals surface area contributed by atoms with Crippen molar-refractivity contribution in [1.82, 2.24) is 30.5 Å². The number of nitrogens with zero attached hydrogens (tertiary/aromatic N) is 4. The molecule has 0 radical (unpaired) electrons. The van der Waals surface area contributed by atoms with E-state index in [-0.39, 0.29) is 35.8 Å². The molecule has 2 atom stereocenters. The lowest BCUT2D eigenvalue weighted by molar-refractivity contribution is 0.0157. The van der Waals surface area contributed by atoms with E-state index in [9.17, 15) is 18.7 Å². The monoisotopic (exact) mass is 468 g/mol. The molecule has 0 unspecified atom stereocenters. The van der Waals surface area contributed by atoms with Gasteiger partial charge in [-0.3, -0.25) is 9.89 Å². The van der Waals surface area contributed by atoms with Crippen LogP contribution in [-0.2, 0) is 11.3 Å². The number of aromatic amines is 1. The first-order valence-corrected chi connectivity index (χ1v) is 10.4. The van der Waals surface area contributed by atoms with Crippen molar-refractivity contribution in [2.75, 3.05) is 13.7 Å². The summed E-state index contributed by atoms with van der Waals surface area (Å²) < 4.78 is 33.5. The van der Waals surface area contributed by atoms with Gasteiger partial charge < -0.3 is 15.2 Å². The Labute approximate surface area is 193 Å². The number of carbonyl (C=O) groups excluding carboxylic acids is 1. The third-order valence-corrected chi connectivity index (χ3v) is 5.32. The highest BCUT2D eigenvalue weighted by atomic mass is 19.1. The van der Waals surface area contributed by atoms with Crippen molar-refractivity contribution in [3.63, 3.8) is 0 Å². The maximum atomic E-state index is 14.9. The Kier molecular flexibility index (Phi) is 7.04. The molecule has 4 aromatic rings. The number of methoxy groups -OCH3 is 1. The zero-order valence-corrected chi connectivity index (χ0v) is 18.2. The van der Waals surface area contributed by atoms with E-state index >= 15 is 0 Å². The molecule has 0 aliphatic carbocycles. The average molecular weight is 468 g/mol. The third kappa shape index (κ3) is 5.00. The van der Waals surface area contributed by atoms with Crippen LogP contribution in [0, 0.1) is 11.6 Å². The number of hydrogen-bond donors (Lipinski definition) is 3. The van der Waals surface area contributed by atoms with Crippen molar-refractivity contribution >= 4 is 5.91 Å². The smallest absolute Gasteiger partial charge is 0.252 e. The molecule has 4 rings (SSSR count). The van der Waals surface area contributed by atoms with Crippen LogP contribution in [0.15, 0.2) is 60.9 Å². The molecule has 0 saturated carbocycles. The Morgan fingerprint density at radius 3 is 2.59 bits per heavy atom. The molecule has 34 heavy (non-hydrogen) atoms. The van der Waals surface area contributed by atoms with Crippen molar-refractivity contribution in [3.8, 4) is 22.5 Å². The van der Waals surface area contributed by atoms with Crippen molar-refractivity contribution in [2.45, 2.75) is 18.7 Å². The van der Waals surface area contributed by atoms with Gasteiger partial charge in [0.05, 0.1) is 54.1 Å². The summed E-state index contributed by atoms with van der Waals surface area (Å²) in [7, 11) is 1.41. The molecule has 2 aromatic carbocycles. The molecule has 0 aliphatic rings. The Bertz CT molecular complexity index is 1240. The van der Waals surface area contributed by atoms with E-state index in [1.165, 1.54) is 54.6 Å². The van der Waals surface area contributed by atoms with E-state index in [4.69, 9.17) is 4.74 Å². The normalized spacial score (nSPS) is 12.9. The van der Waals surface area contributed by atoms with Crippen molar-refractivity contribution in [2.24, 2.45) is 0 Å². The Morgan fingerprint density at radius 1 is 1.18 bits per heavy atom. The minimum Gasteiger partial charge on any atom is -0.394 e. The molecule has 2 heterocycles. The average Bonchev–Trinajstić information content (AvgIpc) is 3.52. The molecule has 0 spiro atoms. The molecule has 0 aliphatic heterocycles. The zero-order valence-electron chi connectivity index (χ0n) is 18.2. The highest BCUT2D eigenvalue weighted by Crippen LogP contribution is 2.29. The Balaban J connectivity index is 1.64. The number of carbonyl (C=O) groups is 1. The van der Waals surface area contributed by atoms with Crippen LogP contribution in [-0.4, -0.2) is 62.1 Å². The quantitative estimate of drug-likeness (QED) is 0.347. The molecule has 0 bridgehead atoms. The molecular formula is C23H22F2N6O3. The minimum atomic E-state index is -0.748. The van der Waals surface area contributed by atoms with Gasteiger partial charge in [-0.15, -0.1) is 0 Å². The number of amides is 1. The SMILES string of the molecule is CO[C@H](CO)[C@@H](Cn1nccn1)NC(=O)c1cccc(F)c1-c1cc(-c2ccc(F)cc2)[nH]n1. The minimum absolute atomic E-state index is 0.00135. The summed E-state index contributed by atoms with van der Waals surface area (Å²) in [6, 6.07) is 10.7. The molecule has 176 valence electrons. The van der Waals surface area contributed by atoms with E-state index in [0.717, 1.165) is 0 Å². The van der Waals surface area contributed by atoms with E-state index in [2.05, 4.69) is 25.7 Å². The van der Waals surface area contributed by atoms with E-state index in [1.807, 2.05) is 0 Å². The zero-order chi connectivity index (χ0) is 24.1. The van der Waals surface area contributed by atoms with Crippen molar-refractivity contribution in [3.05, 3.63) is 78.1 Å². The summed E-state index contributed by atoms with van der Waals surface area (Å²) in [6.07, 6.45) is 2.23. The maximum Gasteiger partial charge on any atom is 0.252 e. The Morgan fingerprint density at radius 2 is 1.91 bits per heavy atom. The first-order chi connectivity index (χ1) is 16.5. The van der Waals surface area contributed by atoms with Crippen LogP contribution in [0.4, 0.5) is 8.78 Å². The van der Waals surface area contributed by atoms with Gasteiger partial charge in [-0.25, -0.2) is 8.78 Å². The number of H-pyrrole nitrogens is 1. The number of aromatic nitrogens is 5. The number of nitrogens with one attached hydrogen (secondary N) is 2. The van der Waals surface area contributed by atoms with Crippen LogP contribution < -0.4 is 5.32 Å². The lowest BCUT2D eigenvalue weighted by Gasteiger charge is -2.25. The molecule has 9 nitrogen and oxygen atoms in total. The fourth-order valence-corrected chi connectivity index (χ4v) is 3.58. The molecule has 11 heteroatoms. The molecule has 0 fully saturated rings. The van der Waals surface area contributed by atoms with Crippen molar-refractivity contribution < 1.29 is 23.4 Å². The summed E-state index contributed by atoms with van der Waals surface area (Å²) >= 11 is 0.